The van der Waals surface area contributed by atoms with E-state index in [1.807, 2.05) is 12.1 Å². The van der Waals surface area contributed by atoms with Gasteiger partial charge in [0.05, 0.1) is 77.1 Å². The zero-order valence-corrected chi connectivity index (χ0v) is 71.9. The lowest BCUT2D eigenvalue weighted by Crippen LogP contribution is -2.49. The van der Waals surface area contributed by atoms with Gasteiger partial charge in [-0.3, -0.25) is 14.5 Å². The SMILES string of the molecule is COC(=O)c1c2cc(C(C)(C)C(C)(C)c3cc(C)c(-c4nc5sc(-c6sc(-c7ccc(-c8c9c(c(-c%10ccc(C(C)(C)C(C)(C)C)s%10)c%10nsnc8%10)C(=O)N(C)C9=O)s7)cc6C)nc5s4)s3)sc2c(C(=O)OC)c2cc(-c3cc(C)c(-c4nc5sc(-c6sc(C(C)(C)C(C)(C)N)cc6C)nc5s4)s3)sc12. The van der Waals surface area contributed by atoms with Crippen LogP contribution in [-0.2, 0) is 31.1 Å². The van der Waals surface area contributed by atoms with Crippen molar-refractivity contribution in [3.63, 3.8) is 0 Å². The van der Waals surface area contributed by atoms with Crippen molar-refractivity contribution in [2.24, 2.45) is 11.1 Å². The number of carbonyl (C=O) groups excluding carboxylic acids is 4. The number of thiazole rings is 4. The minimum atomic E-state index is -0.531. The summed E-state index contributed by atoms with van der Waals surface area (Å²) in [7, 11) is 4.37. The van der Waals surface area contributed by atoms with E-state index in [0.29, 0.717) is 64.6 Å². The summed E-state index contributed by atoms with van der Waals surface area (Å²) in [6, 6.07) is 21.4. The van der Waals surface area contributed by atoms with Gasteiger partial charge in [0.25, 0.3) is 11.8 Å². The van der Waals surface area contributed by atoms with Gasteiger partial charge in [0, 0.05) is 105 Å². The summed E-state index contributed by atoms with van der Waals surface area (Å²) in [5.74, 6) is -1.62. The molecular formula is C78H72N8O6S13. The number of esters is 2. The monoisotopic (exact) mass is 1630 g/mol. The maximum absolute atomic E-state index is 14.3. The van der Waals surface area contributed by atoms with Crippen LogP contribution in [0.2, 0.25) is 0 Å². The maximum atomic E-state index is 14.3. The van der Waals surface area contributed by atoms with Crippen molar-refractivity contribution in [2.45, 2.75) is 145 Å². The Morgan fingerprint density at radius 3 is 1.24 bits per heavy atom. The van der Waals surface area contributed by atoms with Gasteiger partial charge < -0.3 is 15.2 Å². The van der Waals surface area contributed by atoms with Crippen molar-refractivity contribution >= 4 is 222 Å². The first kappa shape index (κ1) is 72.6. The average molecular weight is 1630 g/mol. The summed E-state index contributed by atoms with van der Waals surface area (Å²) in [5, 5.41) is 4.99. The zero-order valence-electron chi connectivity index (χ0n) is 61.2. The van der Waals surface area contributed by atoms with E-state index in [2.05, 4.69) is 166 Å². The van der Waals surface area contributed by atoms with Crippen LogP contribution >= 0.6 is 148 Å². The van der Waals surface area contributed by atoms with Crippen molar-refractivity contribution in [3.8, 4) is 79.9 Å². The standard InChI is InChI=1S/C78H72N8O6S13/c1-31-25-40(37-21-22-38(93-37)49-51-52(70(88)86(18)69(51)87)50(54-53(49)84-105-85-54)39-23-24-43(94-39)74(8,9)73(5,6)7)95-55(31)61-80-65-67(101-61)82-63(103-65)57-33(3)27-44(98-57)75(10,11)76(12,13)46-30-36-48(72(90)92-20)59-35(47(60(36)100-46)71(89)91-19)29-42(97-59)41-26-32(2)56(96-41)62-81-66-68(102-62)83-64(104-66)58-34(4)28-45(99-58)77(14,15)78(16,17)79/h21-30H,79H2,1-20H3. The second-order valence-corrected chi connectivity index (χ2v) is 43.6. The highest BCUT2D eigenvalue weighted by molar-refractivity contribution is 7.34. The fourth-order valence-corrected chi connectivity index (χ4v) is 28.9. The summed E-state index contributed by atoms with van der Waals surface area (Å²) in [4.78, 5) is 97.5. The number of methoxy groups -OCH3 is 2. The molecule has 538 valence electrons. The molecule has 2 amide bonds. The predicted octanol–water partition coefficient (Wildman–Crippen LogP) is 24.6. The van der Waals surface area contributed by atoms with E-state index in [0.717, 1.165) is 121 Å². The maximum Gasteiger partial charge on any atom is 0.339 e. The summed E-state index contributed by atoms with van der Waals surface area (Å²) < 4.78 is 22.2. The van der Waals surface area contributed by atoms with Gasteiger partial charge in [-0.25, -0.2) is 29.5 Å². The number of benzene rings is 2. The molecule has 0 fully saturated rings. The number of hydrogen-bond donors (Lipinski definition) is 1. The number of ether oxygens (including phenoxy) is 2. The molecule has 1 aliphatic rings. The van der Waals surface area contributed by atoms with E-state index in [-0.39, 0.29) is 28.1 Å². The molecule has 2 aromatic carbocycles. The van der Waals surface area contributed by atoms with Crippen LogP contribution in [0.15, 0.2) is 60.7 Å². The molecule has 13 aromatic heterocycles. The number of carbonyl (C=O) groups is 4. The third-order valence-corrected chi connectivity index (χ3v) is 38.4. The van der Waals surface area contributed by atoms with Gasteiger partial charge in [0.15, 0.2) is 19.3 Å². The number of rotatable bonds is 16. The van der Waals surface area contributed by atoms with Crippen LogP contribution in [0.1, 0.15) is 173 Å². The van der Waals surface area contributed by atoms with Gasteiger partial charge in [-0.1, -0.05) is 122 Å². The Bertz CT molecular complexity index is 6050. The van der Waals surface area contributed by atoms with E-state index in [9.17, 15) is 19.2 Å². The van der Waals surface area contributed by atoms with Crippen LogP contribution < -0.4 is 5.73 Å². The normalized spacial score (nSPS) is 13.7. The van der Waals surface area contributed by atoms with E-state index in [1.54, 1.807) is 120 Å². The molecule has 0 unspecified atom stereocenters. The summed E-state index contributed by atoms with van der Waals surface area (Å²) in [6.45, 7) is 37.3. The van der Waals surface area contributed by atoms with Crippen LogP contribution in [0.3, 0.4) is 0 Å². The Balaban J connectivity index is 0.669. The third kappa shape index (κ3) is 11.3. The second kappa shape index (κ2) is 25.3. The summed E-state index contributed by atoms with van der Waals surface area (Å²) in [5.41, 5.74) is 13.5. The molecule has 0 bridgehead atoms. The van der Waals surface area contributed by atoms with Crippen LogP contribution in [-0.4, -0.2) is 84.1 Å². The Labute approximate surface area is 659 Å². The van der Waals surface area contributed by atoms with Crippen molar-refractivity contribution < 1.29 is 28.7 Å². The molecule has 0 spiro atoms. The van der Waals surface area contributed by atoms with Crippen LogP contribution in [0.25, 0.3) is 130 Å². The Morgan fingerprint density at radius 1 is 0.400 bits per heavy atom. The van der Waals surface area contributed by atoms with Gasteiger partial charge in [-0.05, 0) is 130 Å². The number of nitrogens with zero attached hydrogens (tertiary/aromatic N) is 7. The molecule has 1 aliphatic heterocycles. The largest absolute Gasteiger partial charge is 0.465 e. The van der Waals surface area contributed by atoms with E-state index in [1.165, 1.54) is 62.0 Å². The minimum absolute atomic E-state index is 0.0235. The number of aryl methyl sites for hydroxylation is 4. The van der Waals surface area contributed by atoms with Gasteiger partial charge in [-0.15, -0.1) is 90.7 Å². The van der Waals surface area contributed by atoms with Crippen molar-refractivity contribution in [1.29, 1.82) is 0 Å². The molecule has 16 rings (SSSR count). The molecular weight excluding hydrogens is 1560 g/mol. The molecule has 15 aromatic rings. The van der Waals surface area contributed by atoms with Crippen molar-refractivity contribution in [1.82, 2.24) is 33.6 Å². The molecule has 0 saturated heterocycles. The predicted molar refractivity (Wildman–Crippen MR) is 451 cm³/mol. The number of hydrogen-bond acceptors (Lipinski definition) is 26. The first-order valence-electron chi connectivity index (χ1n) is 33.8. The van der Waals surface area contributed by atoms with Gasteiger partial charge >= 0.3 is 11.9 Å². The highest BCUT2D eigenvalue weighted by atomic mass is 32.2. The van der Waals surface area contributed by atoms with Crippen molar-refractivity contribution in [3.05, 3.63) is 125 Å². The smallest absolute Gasteiger partial charge is 0.339 e. The Kier molecular flexibility index (Phi) is 17.5. The van der Waals surface area contributed by atoms with Crippen molar-refractivity contribution in [2.75, 3.05) is 21.3 Å². The second-order valence-electron chi connectivity index (χ2n) is 30.7. The number of amides is 2. The van der Waals surface area contributed by atoms with Gasteiger partial charge in [0.2, 0.25) is 0 Å². The zero-order chi connectivity index (χ0) is 74.7. The van der Waals surface area contributed by atoms with Crippen LogP contribution in [0, 0.1) is 33.1 Å². The highest BCUT2D eigenvalue weighted by Crippen LogP contribution is 2.57. The molecule has 105 heavy (non-hydrogen) atoms. The number of fused-ring (bicyclic) bond motifs is 6. The van der Waals surface area contributed by atoms with E-state index in [4.69, 9.17) is 43.9 Å². The Morgan fingerprint density at radius 2 is 0.781 bits per heavy atom. The quantitative estimate of drug-likeness (QED) is 0.0710. The van der Waals surface area contributed by atoms with E-state index < -0.39 is 28.3 Å². The molecule has 0 aliphatic carbocycles. The molecule has 14 nitrogen and oxygen atoms in total. The lowest BCUT2D eigenvalue weighted by atomic mass is 9.66. The number of imide groups is 1. The Hall–Kier alpha value is -6.54. The average Bonchev–Trinajstić information content (AvgIpc) is 1.54. The molecule has 0 radical (unpaired) electrons. The van der Waals surface area contributed by atoms with E-state index >= 15 is 0 Å². The third-order valence-electron chi connectivity index (χ3n) is 22.1. The highest BCUT2D eigenvalue weighted by Gasteiger charge is 2.46. The summed E-state index contributed by atoms with van der Waals surface area (Å²) in [6.07, 6.45) is 0. The lowest BCUT2D eigenvalue weighted by Gasteiger charge is -2.40. The fraction of sp³-hybridized carbons (Fsp3) is 0.333. The number of thiophene rings is 8. The summed E-state index contributed by atoms with van der Waals surface area (Å²) >= 11 is 20.6. The number of nitrogens with two attached hydrogens (primary N) is 1. The first-order chi connectivity index (χ1) is 49.4. The molecule has 27 heteroatoms. The number of aromatic nitrogens is 6. The van der Waals surface area contributed by atoms with Gasteiger partial charge in [-0.2, -0.15) is 8.75 Å². The molecule has 0 saturated carbocycles. The van der Waals surface area contributed by atoms with Gasteiger partial charge in [0.1, 0.15) is 31.1 Å². The minimum Gasteiger partial charge on any atom is -0.465 e. The molecule has 14 heterocycles. The van der Waals surface area contributed by atoms with Crippen LogP contribution in [0.5, 0.6) is 0 Å². The molecule has 0 atom stereocenters. The lowest BCUT2D eigenvalue weighted by molar-refractivity contribution is 0.0593. The first-order valence-corrected chi connectivity index (χ1v) is 44.3. The topological polar surface area (TPSA) is 193 Å². The van der Waals surface area contributed by atoms with Crippen LogP contribution in [0.4, 0.5) is 0 Å². The molecule has 2 N–H and O–H groups in total. The fourth-order valence-electron chi connectivity index (χ4n) is 13.2.